The molecule has 0 unspecified atom stereocenters. The van der Waals surface area contributed by atoms with E-state index >= 15 is 0 Å². The van der Waals surface area contributed by atoms with Crippen LogP contribution in [-0.4, -0.2) is 9.55 Å². The summed E-state index contributed by atoms with van der Waals surface area (Å²) in [6, 6.07) is 68.0. The summed E-state index contributed by atoms with van der Waals surface area (Å²) in [6.45, 7) is 0. The fourth-order valence-electron chi connectivity index (χ4n) is 10.5. The van der Waals surface area contributed by atoms with Crippen LogP contribution in [0.15, 0.2) is 188 Å². The van der Waals surface area contributed by atoms with E-state index in [4.69, 9.17) is 14.5 Å². The Hall–Kier alpha value is -7.37. The van der Waals surface area contributed by atoms with Crippen molar-refractivity contribution in [1.82, 2.24) is 9.55 Å². The smallest absolute Gasteiger partial charge is 0.304 e. The van der Waals surface area contributed by atoms with Crippen molar-refractivity contribution in [3.63, 3.8) is 0 Å². The number of rotatable bonds is 1. The van der Waals surface area contributed by atoms with Crippen molar-refractivity contribution < 1.29 is 9.47 Å². The average molecular weight is 718 g/mol. The van der Waals surface area contributed by atoms with Gasteiger partial charge < -0.3 is 14.4 Å². The third kappa shape index (κ3) is 3.50. The van der Waals surface area contributed by atoms with Crippen molar-refractivity contribution >= 4 is 28.1 Å². The monoisotopic (exact) mass is 717 g/mol. The van der Waals surface area contributed by atoms with Gasteiger partial charge in [-0.05, 0) is 75.8 Å². The summed E-state index contributed by atoms with van der Waals surface area (Å²) in [5.74, 6) is 2.53. The minimum atomic E-state index is -0.692. The largest absolute Gasteiger partial charge is 0.457 e. The van der Waals surface area contributed by atoms with Gasteiger partial charge in [0.2, 0.25) is 0 Å². The molecule has 0 radical (unpaired) electrons. The third-order valence-electron chi connectivity index (χ3n) is 12.5. The van der Waals surface area contributed by atoms with Crippen LogP contribution in [0.5, 0.6) is 23.3 Å². The highest BCUT2D eigenvalue weighted by molar-refractivity contribution is 5.93. The number of hydrogen-bond acceptors (Lipinski definition) is 4. The minimum Gasteiger partial charge on any atom is -0.457 e. The van der Waals surface area contributed by atoms with Gasteiger partial charge in [0.1, 0.15) is 22.8 Å². The Morgan fingerprint density at radius 1 is 0.411 bits per heavy atom. The van der Waals surface area contributed by atoms with E-state index in [1.54, 1.807) is 0 Å². The normalized spacial score (nSPS) is 15.3. The van der Waals surface area contributed by atoms with Crippen LogP contribution in [0, 0.1) is 0 Å². The lowest BCUT2D eigenvalue weighted by Crippen LogP contribution is -2.40. The molecule has 0 saturated heterocycles. The molecule has 56 heavy (non-hydrogen) atoms. The Balaban J connectivity index is 1.09. The molecule has 13 rings (SSSR count). The zero-order valence-corrected chi connectivity index (χ0v) is 30.1. The maximum absolute atomic E-state index is 7.00. The summed E-state index contributed by atoms with van der Waals surface area (Å²) in [4.78, 5) is 7.55. The number of nitrogens with zero attached hydrogens (tertiary/aromatic N) is 3. The first-order valence-electron chi connectivity index (χ1n) is 19.1. The van der Waals surface area contributed by atoms with Crippen molar-refractivity contribution in [2.75, 3.05) is 4.90 Å². The Morgan fingerprint density at radius 2 is 0.929 bits per heavy atom. The summed E-state index contributed by atoms with van der Waals surface area (Å²) < 4.78 is 15.9. The molecule has 8 aromatic carbocycles. The third-order valence-corrected chi connectivity index (χ3v) is 12.5. The van der Waals surface area contributed by atoms with Gasteiger partial charge in [0, 0.05) is 28.4 Å². The highest BCUT2D eigenvalue weighted by atomic mass is 16.5. The molecule has 0 bridgehead atoms. The van der Waals surface area contributed by atoms with Crippen molar-refractivity contribution in [2.45, 2.75) is 11.0 Å². The van der Waals surface area contributed by atoms with E-state index in [-0.39, 0.29) is 0 Å². The number of aromatic nitrogens is 2. The number of anilines is 3. The lowest BCUT2D eigenvalue weighted by molar-refractivity contribution is 0.340. The topological polar surface area (TPSA) is 39.5 Å². The zero-order valence-electron chi connectivity index (χ0n) is 30.1. The number of benzene rings is 8. The molecular formula is C51H31N3O2. The van der Waals surface area contributed by atoms with Crippen molar-refractivity contribution in [3.8, 4) is 34.4 Å². The first kappa shape index (κ1) is 30.0. The van der Waals surface area contributed by atoms with Crippen LogP contribution in [0.25, 0.3) is 22.2 Å². The van der Waals surface area contributed by atoms with Gasteiger partial charge in [-0.1, -0.05) is 140 Å². The fraction of sp³-hybridized carbons (Fsp3) is 0.0392. The number of para-hydroxylation sites is 6. The van der Waals surface area contributed by atoms with E-state index in [1.165, 1.54) is 33.4 Å². The maximum Gasteiger partial charge on any atom is 0.304 e. The molecule has 0 fully saturated rings. The van der Waals surface area contributed by atoms with Gasteiger partial charge in [0.15, 0.2) is 0 Å². The zero-order chi connectivity index (χ0) is 36.6. The number of imidazole rings is 1. The van der Waals surface area contributed by atoms with Crippen LogP contribution in [0.2, 0.25) is 0 Å². The van der Waals surface area contributed by atoms with E-state index in [2.05, 4.69) is 191 Å². The van der Waals surface area contributed by atoms with Gasteiger partial charge in [-0.2, -0.15) is 4.98 Å². The average Bonchev–Trinajstić information content (AvgIpc) is 3.77. The number of ether oxygens (including phenoxy) is 2. The van der Waals surface area contributed by atoms with Gasteiger partial charge in [0.05, 0.1) is 27.8 Å². The van der Waals surface area contributed by atoms with E-state index in [1.807, 2.05) is 6.07 Å². The van der Waals surface area contributed by atoms with E-state index < -0.39 is 11.0 Å². The Kier molecular flexibility index (Phi) is 5.71. The molecule has 1 aliphatic carbocycles. The van der Waals surface area contributed by atoms with E-state index in [0.717, 1.165) is 62.0 Å². The fourth-order valence-corrected chi connectivity index (χ4v) is 10.5. The summed E-state index contributed by atoms with van der Waals surface area (Å²) in [5, 5.41) is 0. The van der Waals surface area contributed by atoms with Gasteiger partial charge in [-0.3, -0.25) is 4.57 Å². The molecule has 5 nitrogen and oxygen atoms in total. The van der Waals surface area contributed by atoms with Crippen LogP contribution in [0.1, 0.15) is 38.9 Å². The van der Waals surface area contributed by atoms with Crippen LogP contribution < -0.4 is 14.4 Å². The molecule has 262 valence electrons. The van der Waals surface area contributed by atoms with Crippen molar-refractivity contribution in [1.29, 1.82) is 0 Å². The number of hydrogen-bond donors (Lipinski definition) is 0. The molecule has 0 atom stereocenters. The lowest BCUT2D eigenvalue weighted by Gasteiger charge is -2.48. The van der Waals surface area contributed by atoms with Crippen LogP contribution in [-0.2, 0) is 11.0 Å². The highest BCUT2D eigenvalue weighted by Crippen LogP contribution is 2.64. The summed E-state index contributed by atoms with van der Waals surface area (Å²) in [6.07, 6.45) is 0. The molecule has 0 amide bonds. The van der Waals surface area contributed by atoms with Crippen molar-refractivity contribution in [3.05, 3.63) is 227 Å². The Morgan fingerprint density at radius 3 is 1.57 bits per heavy atom. The summed E-state index contributed by atoms with van der Waals surface area (Å²) in [5.41, 5.74) is 14.5. The second-order valence-corrected chi connectivity index (χ2v) is 15.0. The molecule has 9 aromatic rings. The second kappa shape index (κ2) is 10.6. The molecular weight excluding hydrogens is 687 g/mol. The lowest BCUT2D eigenvalue weighted by atomic mass is 9.61. The predicted octanol–water partition coefficient (Wildman–Crippen LogP) is 12.2. The van der Waals surface area contributed by atoms with Gasteiger partial charge >= 0.3 is 6.01 Å². The molecule has 4 heterocycles. The number of fused-ring (bicyclic) bond motifs is 19. The van der Waals surface area contributed by atoms with Gasteiger partial charge in [0.25, 0.3) is 0 Å². The first-order valence-corrected chi connectivity index (χ1v) is 19.1. The van der Waals surface area contributed by atoms with Crippen molar-refractivity contribution in [2.24, 2.45) is 0 Å². The molecule has 3 aliphatic heterocycles. The SMILES string of the molecule is c1ccc2c(c1)Oc1ccccc1C21c2ccccc2N(c2ccc3c(c2)Oc2nc4ccccc4n2C32c3ccccc3-c3ccccc32)c2ccccc21. The minimum absolute atomic E-state index is 0.580. The second-order valence-electron chi connectivity index (χ2n) is 15.0. The molecule has 1 aromatic heterocycles. The van der Waals surface area contributed by atoms with Gasteiger partial charge in [-0.15, -0.1) is 0 Å². The Bertz CT molecular complexity index is 3000. The Labute approximate surface area is 323 Å². The quantitative estimate of drug-likeness (QED) is 0.169. The van der Waals surface area contributed by atoms with E-state index in [0.29, 0.717) is 6.01 Å². The predicted molar refractivity (Wildman–Crippen MR) is 220 cm³/mol. The highest BCUT2D eigenvalue weighted by Gasteiger charge is 2.54. The van der Waals surface area contributed by atoms with Crippen LogP contribution in [0.3, 0.4) is 0 Å². The first-order chi connectivity index (χ1) is 27.8. The molecule has 4 aliphatic rings. The standard InChI is InChI=1S/C51H31N3O2/c1-3-17-35-33(15-1)34-16-2-4-18-36(34)51(35)41-30-29-32(31-48(41)56-49-52-42-23-9-12-26-45(42)54(49)51)53-43-24-10-5-19-37(43)50(38-20-6-11-25-44(38)53)39-21-7-13-27-46(39)55-47-28-14-8-22-40(47)50/h1-31H. The summed E-state index contributed by atoms with van der Waals surface area (Å²) >= 11 is 0. The molecule has 2 spiro atoms. The molecule has 0 N–H and O–H groups in total. The molecule has 0 saturated carbocycles. The maximum atomic E-state index is 7.00. The van der Waals surface area contributed by atoms with E-state index in [9.17, 15) is 0 Å². The van der Waals surface area contributed by atoms with Crippen LogP contribution in [0.4, 0.5) is 17.1 Å². The summed E-state index contributed by atoms with van der Waals surface area (Å²) in [7, 11) is 0. The van der Waals surface area contributed by atoms with Gasteiger partial charge in [-0.25, -0.2) is 0 Å². The molecule has 5 heteroatoms. The van der Waals surface area contributed by atoms with Crippen LogP contribution >= 0.6 is 0 Å².